The van der Waals surface area contributed by atoms with Crippen molar-refractivity contribution in [2.75, 3.05) is 19.6 Å². The molecule has 0 saturated heterocycles. The standard InChI is InChI=1S/C24H48N.Li/c1-4-7-10-12-14-16-18-20-23-25(22-9-6-3)24-21-19-17-15-13-11-8-5-2;/h6,9H,3-5,7-8,10-24H2,1-2H3;. The molecule has 150 valence electrons. The van der Waals surface area contributed by atoms with Gasteiger partial charge in [-0.3, -0.25) is 0 Å². The Hall–Kier alpha value is 0.297. The molecule has 0 aromatic heterocycles. The normalized spacial score (nSPS) is 11.9. The van der Waals surface area contributed by atoms with Gasteiger partial charge >= 0.3 is 137 Å². The van der Waals surface area contributed by atoms with E-state index in [9.17, 15) is 0 Å². The molecule has 2 heteroatoms. The summed E-state index contributed by atoms with van der Waals surface area (Å²) in [5.41, 5.74) is 0. The molecule has 26 heavy (non-hydrogen) atoms. The number of allylic oxidation sites excluding steroid dienone is 1. The van der Waals surface area contributed by atoms with E-state index in [0.717, 1.165) is 0 Å². The van der Waals surface area contributed by atoms with Crippen molar-refractivity contribution in [3.05, 3.63) is 12.2 Å². The molecule has 1 nitrogen and oxygen atoms in total. The summed E-state index contributed by atoms with van der Waals surface area (Å²) in [4.78, 5) is 2.69. The molecule has 0 aromatic carbocycles. The van der Waals surface area contributed by atoms with Crippen molar-refractivity contribution < 1.29 is 0 Å². The molecule has 0 rings (SSSR count). The topological polar surface area (TPSA) is 3.24 Å². The van der Waals surface area contributed by atoms with E-state index in [-0.39, 0.29) is 0 Å². The molecule has 0 bridgehead atoms. The molecule has 0 fully saturated rings. The van der Waals surface area contributed by atoms with Crippen LogP contribution < -0.4 is 0 Å². The first-order valence-corrected chi connectivity index (χ1v) is 12.2. The summed E-state index contributed by atoms with van der Waals surface area (Å²) in [6.45, 7) is 8.38. The monoisotopic (exact) mass is 357 g/mol. The summed E-state index contributed by atoms with van der Waals surface area (Å²) < 4.78 is 0. The van der Waals surface area contributed by atoms with Gasteiger partial charge in [0.2, 0.25) is 0 Å². The van der Waals surface area contributed by atoms with Gasteiger partial charge in [0.25, 0.3) is 0 Å². The van der Waals surface area contributed by atoms with Crippen LogP contribution in [-0.4, -0.2) is 42.2 Å². The summed E-state index contributed by atoms with van der Waals surface area (Å²) in [6.07, 6.45) is 27.5. The third-order valence-corrected chi connectivity index (χ3v) is 5.42. The molecule has 0 N–H and O–H groups in total. The molecule has 0 radical (unpaired) electrons. The Labute approximate surface area is 176 Å². The molecule has 0 aliphatic rings. The van der Waals surface area contributed by atoms with E-state index in [0.29, 0.717) is 0 Å². The Morgan fingerprint density at radius 1 is 0.538 bits per heavy atom. The Balaban J connectivity index is 3.68. The van der Waals surface area contributed by atoms with Crippen LogP contribution in [0.3, 0.4) is 0 Å². The van der Waals surface area contributed by atoms with Crippen LogP contribution >= 0.6 is 0 Å². The van der Waals surface area contributed by atoms with Crippen molar-refractivity contribution in [3.63, 3.8) is 0 Å². The fourth-order valence-electron chi connectivity index (χ4n) is 3.62. The predicted octanol–water partition coefficient (Wildman–Crippen LogP) is 7.71. The maximum atomic E-state index is 2.69. The summed E-state index contributed by atoms with van der Waals surface area (Å²) in [5, 5.41) is 1.17. The molecule has 0 atom stereocenters. The fourth-order valence-corrected chi connectivity index (χ4v) is 3.62. The van der Waals surface area contributed by atoms with Gasteiger partial charge in [0, 0.05) is 0 Å². The number of unbranched alkanes of at least 4 members (excludes halogenated alkanes) is 14. The number of hydrogen-bond acceptors (Lipinski definition) is 1. The number of rotatable bonds is 21. The van der Waals surface area contributed by atoms with E-state index in [1.165, 1.54) is 127 Å². The SMILES string of the molecule is [Li][CH2]C=CCN(CCCCCCCCCC)CCCCCCCCCC. The van der Waals surface area contributed by atoms with Crippen LogP contribution in [0.1, 0.15) is 117 Å². The molecular formula is C24H48LiN. The van der Waals surface area contributed by atoms with Gasteiger partial charge in [-0.2, -0.15) is 0 Å². The van der Waals surface area contributed by atoms with Crippen LogP contribution in [0.15, 0.2) is 12.2 Å². The Kier molecular flexibility index (Phi) is 23.6. The zero-order chi connectivity index (χ0) is 19.1. The predicted molar refractivity (Wildman–Crippen MR) is 121 cm³/mol. The quantitative estimate of drug-likeness (QED) is 0.115. The van der Waals surface area contributed by atoms with Crippen molar-refractivity contribution in [1.82, 2.24) is 4.90 Å². The van der Waals surface area contributed by atoms with Gasteiger partial charge in [-0.25, -0.2) is 0 Å². The molecule has 0 aliphatic heterocycles. The van der Waals surface area contributed by atoms with E-state index in [4.69, 9.17) is 0 Å². The van der Waals surface area contributed by atoms with Crippen molar-refractivity contribution in [3.8, 4) is 0 Å². The van der Waals surface area contributed by atoms with E-state index in [1.54, 1.807) is 0 Å². The minimum Gasteiger partial charge on any atom is -0.0654 e. The van der Waals surface area contributed by atoms with Crippen LogP contribution in [0, 0.1) is 0 Å². The summed E-state index contributed by atoms with van der Waals surface area (Å²) in [6, 6.07) is 0. The van der Waals surface area contributed by atoms with Crippen LogP contribution in [0.5, 0.6) is 0 Å². The van der Waals surface area contributed by atoms with Gasteiger partial charge in [0.1, 0.15) is 0 Å². The van der Waals surface area contributed by atoms with Crippen molar-refractivity contribution in [2.45, 2.75) is 122 Å². The van der Waals surface area contributed by atoms with Gasteiger partial charge in [-0.15, -0.1) is 0 Å². The minimum absolute atomic E-state index is 1.17. The fraction of sp³-hybridized carbons (Fsp3) is 0.917. The first-order valence-electron chi connectivity index (χ1n) is 12.2. The number of hydrogen-bond donors (Lipinski definition) is 0. The minimum atomic E-state index is 1.17. The third-order valence-electron chi connectivity index (χ3n) is 5.42. The van der Waals surface area contributed by atoms with Gasteiger partial charge in [-0.1, -0.05) is 39.5 Å². The molecule has 0 aromatic rings. The zero-order valence-corrected chi connectivity index (χ0v) is 18.7. The van der Waals surface area contributed by atoms with Crippen LogP contribution in [0.4, 0.5) is 0 Å². The third kappa shape index (κ3) is 20.6. The first kappa shape index (κ1) is 26.3. The average Bonchev–Trinajstić information content (AvgIpc) is 2.65. The summed E-state index contributed by atoms with van der Waals surface area (Å²) >= 11 is 2.23. The van der Waals surface area contributed by atoms with Crippen molar-refractivity contribution in [1.29, 1.82) is 0 Å². The second kappa shape index (κ2) is 23.3. The van der Waals surface area contributed by atoms with E-state index in [1.807, 2.05) is 0 Å². The molecular weight excluding hydrogens is 309 g/mol. The summed E-state index contributed by atoms with van der Waals surface area (Å²) in [5.74, 6) is 0. The number of nitrogens with zero attached hydrogens (tertiary/aromatic N) is 1. The second-order valence-electron chi connectivity index (χ2n) is 8.13. The Bertz CT molecular complexity index is 257. The van der Waals surface area contributed by atoms with E-state index in [2.05, 4.69) is 48.6 Å². The molecule has 0 unspecified atom stereocenters. The Morgan fingerprint density at radius 3 is 1.31 bits per heavy atom. The van der Waals surface area contributed by atoms with Gasteiger partial charge in [0.15, 0.2) is 0 Å². The first-order chi connectivity index (χ1) is 12.8. The van der Waals surface area contributed by atoms with Crippen LogP contribution in [0.2, 0.25) is 5.09 Å². The smallest absolute Gasteiger partial charge is 0.0654 e. The zero-order valence-electron chi connectivity index (χ0n) is 18.7. The van der Waals surface area contributed by atoms with Gasteiger partial charge in [0.05, 0.1) is 0 Å². The van der Waals surface area contributed by atoms with E-state index < -0.39 is 0 Å². The van der Waals surface area contributed by atoms with Crippen LogP contribution in [-0.2, 0) is 0 Å². The van der Waals surface area contributed by atoms with Gasteiger partial charge < -0.3 is 0 Å². The van der Waals surface area contributed by atoms with Crippen molar-refractivity contribution in [2.24, 2.45) is 0 Å². The van der Waals surface area contributed by atoms with E-state index >= 15 is 0 Å². The Morgan fingerprint density at radius 2 is 0.923 bits per heavy atom. The average molecular weight is 358 g/mol. The molecule has 0 spiro atoms. The second-order valence-corrected chi connectivity index (χ2v) is 8.13. The molecule has 0 aliphatic carbocycles. The molecule has 0 saturated carbocycles. The summed E-state index contributed by atoms with van der Waals surface area (Å²) in [7, 11) is 0. The van der Waals surface area contributed by atoms with Gasteiger partial charge in [-0.05, 0) is 0 Å². The molecule has 0 heterocycles. The van der Waals surface area contributed by atoms with Crippen LogP contribution in [0.25, 0.3) is 0 Å². The molecule has 0 amide bonds. The van der Waals surface area contributed by atoms with Crippen molar-refractivity contribution >= 4 is 17.7 Å². The maximum absolute atomic E-state index is 2.69.